The zero-order valence-corrected chi connectivity index (χ0v) is 9.98. The Balaban J connectivity index is 3.07. The smallest absolute Gasteiger partial charge is 0.389 e. The number of halogens is 3. The molecular formula is C10H12F3N3S. The van der Waals surface area contributed by atoms with Crippen LogP contribution in [-0.2, 0) is 0 Å². The van der Waals surface area contributed by atoms with Crippen LogP contribution < -0.4 is 10.6 Å². The summed E-state index contributed by atoms with van der Waals surface area (Å²) in [7, 11) is 0. The second-order valence-electron chi connectivity index (χ2n) is 3.37. The minimum absolute atomic E-state index is 0.0359. The van der Waals surface area contributed by atoms with Crippen LogP contribution in [-0.4, -0.2) is 29.2 Å². The van der Waals surface area contributed by atoms with Crippen LogP contribution >= 0.6 is 12.2 Å². The maximum absolute atomic E-state index is 12.4. The van der Waals surface area contributed by atoms with Gasteiger partial charge in [0.25, 0.3) is 0 Å². The molecule has 0 bridgehead atoms. The van der Waals surface area contributed by atoms with Crippen LogP contribution in [0.4, 0.5) is 19.0 Å². The summed E-state index contributed by atoms with van der Waals surface area (Å²) in [5.41, 5.74) is 5.81. The molecule has 0 aromatic carbocycles. The number of pyridine rings is 1. The van der Waals surface area contributed by atoms with Gasteiger partial charge in [0, 0.05) is 12.7 Å². The summed E-state index contributed by atoms with van der Waals surface area (Å²) in [6.07, 6.45) is -2.88. The highest BCUT2D eigenvalue weighted by molar-refractivity contribution is 7.80. The van der Waals surface area contributed by atoms with Crippen LogP contribution in [0.3, 0.4) is 0 Å². The van der Waals surface area contributed by atoms with E-state index in [1.807, 2.05) is 0 Å². The van der Waals surface area contributed by atoms with E-state index in [9.17, 15) is 13.2 Å². The lowest BCUT2D eigenvalue weighted by molar-refractivity contribution is -0.119. The predicted octanol–water partition coefficient (Wildman–Crippen LogP) is 2.10. The summed E-state index contributed by atoms with van der Waals surface area (Å²) in [4.78, 5) is 5.04. The Bertz CT molecular complexity index is 406. The van der Waals surface area contributed by atoms with Gasteiger partial charge in [-0.3, -0.25) is 0 Å². The van der Waals surface area contributed by atoms with Crippen molar-refractivity contribution in [1.82, 2.24) is 4.98 Å². The van der Waals surface area contributed by atoms with Crippen molar-refractivity contribution in [2.45, 2.75) is 13.1 Å². The molecule has 2 N–H and O–H groups in total. The highest BCUT2D eigenvalue weighted by Gasteiger charge is 2.31. The maximum atomic E-state index is 12.4. The van der Waals surface area contributed by atoms with Crippen molar-refractivity contribution in [3.63, 3.8) is 0 Å². The average Bonchev–Trinajstić information content (AvgIpc) is 2.24. The molecule has 17 heavy (non-hydrogen) atoms. The molecule has 1 aromatic heterocycles. The van der Waals surface area contributed by atoms with Crippen molar-refractivity contribution >= 4 is 23.0 Å². The number of anilines is 1. The molecular weight excluding hydrogens is 251 g/mol. The molecule has 0 aliphatic heterocycles. The number of nitrogens with zero attached hydrogens (tertiary/aromatic N) is 2. The summed E-state index contributed by atoms with van der Waals surface area (Å²) < 4.78 is 37.1. The Morgan fingerprint density at radius 3 is 2.65 bits per heavy atom. The SMILES string of the molecule is CCN(CC(F)(F)F)c1ncccc1C(N)=S. The van der Waals surface area contributed by atoms with E-state index in [2.05, 4.69) is 4.98 Å². The molecule has 7 heteroatoms. The Kier molecular flexibility index (Phi) is 4.28. The van der Waals surface area contributed by atoms with E-state index in [1.165, 1.54) is 6.20 Å². The monoisotopic (exact) mass is 263 g/mol. The molecule has 1 rings (SSSR count). The highest BCUT2D eigenvalue weighted by atomic mass is 32.1. The average molecular weight is 263 g/mol. The zero-order chi connectivity index (χ0) is 13.1. The fourth-order valence-electron chi connectivity index (χ4n) is 1.39. The molecule has 0 amide bonds. The molecule has 0 aliphatic carbocycles. The first-order valence-corrected chi connectivity index (χ1v) is 5.32. The molecule has 0 saturated heterocycles. The van der Waals surface area contributed by atoms with Crippen molar-refractivity contribution in [2.24, 2.45) is 5.73 Å². The Morgan fingerprint density at radius 2 is 2.18 bits per heavy atom. The molecule has 1 aromatic rings. The Labute approximate surface area is 102 Å². The van der Waals surface area contributed by atoms with Gasteiger partial charge in [-0.1, -0.05) is 12.2 Å². The third kappa shape index (κ3) is 3.85. The van der Waals surface area contributed by atoms with E-state index in [0.29, 0.717) is 5.56 Å². The van der Waals surface area contributed by atoms with Gasteiger partial charge in [-0.2, -0.15) is 13.2 Å². The topological polar surface area (TPSA) is 42.2 Å². The van der Waals surface area contributed by atoms with Crippen LogP contribution in [0.1, 0.15) is 12.5 Å². The molecule has 0 radical (unpaired) electrons. The second kappa shape index (κ2) is 5.31. The van der Waals surface area contributed by atoms with Crippen LogP contribution in [0, 0.1) is 0 Å². The minimum atomic E-state index is -4.29. The number of nitrogens with two attached hydrogens (primary N) is 1. The number of aromatic nitrogens is 1. The normalized spacial score (nSPS) is 11.3. The van der Waals surface area contributed by atoms with Crippen molar-refractivity contribution < 1.29 is 13.2 Å². The van der Waals surface area contributed by atoms with Crippen molar-refractivity contribution in [3.05, 3.63) is 23.9 Å². The quantitative estimate of drug-likeness (QED) is 0.845. The standard InChI is InChI=1S/C10H12F3N3S/c1-2-16(6-10(11,12)13)9-7(8(14)17)4-3-5-15-9/h3-5H,2,6H2,1H3,(H2,14,17). The van der Waals surface area contributed by atoms with Gasteiger partial charge in [0.1, 0.15) is 17.4 Å². The van der Waals surface area contributed by atoms with Gasteiger partial charge < -0.3 is 10.6 Å². The molecule has 94 valence electrons. The number of hydrogen-bond donors (Lipinski definition) is 1. The van der Waals surface area contributed by atoms with Gasteiger partial charge in [-0.25, -0.2) is 4.98 Å². The lowest BCUT2D eigenvalue weighted by Crippen LogP contribution is -2.36. The largest absolute Gasteiger partial charge is 0.405 e. The first-order chi connectivity index (χ1) is 7.85. The molecule has 0 unspecified atom stereocenters. The third-order valence-electron chi connectivity index (χ3n) is 2.10. The van der Waals surface area contributed by atoms with E-state index < -0.39 is 12.7 Å². The molecule has 1 heterocycles. The van der Waals surface area contributed by atoms with Crippen molar-refractivity contribution in [1.29, 1.82) is 0 Å². The lowest BCUT2D eigenvalue weighted by Gasteiger charge is -2.25. The maximum Gasteiger partial charge on any atom is 0.405 e. The van der Waals surface area contributed by atoms with Gasteiger partial charge in [-0.15, -0.1) is 0 Å². The molecule has 0 saturated carbocycles. The Hall–Kier alpha value is -1.37. The van der Waals surface area contributed by atoms with Gasteiger partial charge >= 0.3 is 6.18 Å². The zero-order valence-electron chi connectivity index (χ0n) is 9.16. The van der Waals surface area contributed by atoms with Crippen LogP contribution in [0.25, 0.3) is 0 Å². The summed E-state index contributed by atoms with van der Waals surface area (Å²) in [5.74, 6) is 0.167. The molecule has 0 atom stereocenters. The van der Waals surface area contributed by atoms with E-state index in [0.717, 1.165) is 4.90 Å². The Morgan fingerprint density at radius 1 is 1.53 bits per heavy atom. The number of alkyl halides is 3. The second-order valence-corrected chi connectivity index (χ2v) is 3.81. The molecule has 0 aliphatic rings. The van der Waals surface area contributed by atoms with Gasteiger partial charge in [0.05, 0.1) is 5.56 Å². The summed E-state index contributed by atoms with van der Waals surface area (Å²) in [6.45, 7) is 0.714. The molecule has 0 fully saturated rings. The van der Waals surface area contributed by atoms with Crippen molar-refractivity contribution in [2.75, 3.05) is 18.0 Å². The van der Waals surface area contributed by atoms with Crippen molar-refractivity contribution in [3.8, 4) is 0 Å². The third-order valence-corrected chi connectivity index (χ3v) is 2.32. The van der Waals surface area contributed by atoms with E-state index in [-0.39, 0.29) is 17.4 Å². The first kappa shape index (κ1) is 13.7. The number of rotatable bonds is 4. The number of hydrogen-bond acceptors (Lipinski definition) is 3. The summed E-state index contributed by atoms with van der Waals surface area (Å²) in [6, 6.07) is 3.14. The van der Waals surface area contributed by atoms with Crippen LogP contribution in [0.2, 0.25) is 0 Å². The highest BCUT2D eigenvalue weighted by Crippen LogP contribution is 2.23. The fraction of sp³-hybridized carbons (Fsp3) is 0.400. The van der Waals surface area contributed by atoms with E-state index in [1.54, 1.807) is 19.1 Å². The molecule has 0 spiro atoms. The lowest BCUT2D eigenvalue weighted by atomic mass is 10.2. The molecule has 3 nitrogen and oxygen atoms in total. The van der Waals surface area contributed by atoms with Gasteiger partial charge in [-0.05, 0) is 19.1 Å². The predicted molar refractivity (Wildman–Crippen MR) is 64.1 cm³/mol. The summed E-state index contributed by atoms with van der Waals surface area (Å²) >= 11 is 4.79. The number of thiocarbonyl (C=S) groups is 1. The van der Waals surface area contributed by atoms with Gasteiger partial charge in [0.15, 0.2) is 0 Å². The minimum Gasteiger partial charge on any atom is -0.389 e. The van der Waals surface area contributed by atoms with Crippen LogP contribution in [0.5, 0.6) is 0 Å². The fourth-order valence-corrected chi connectivity index (χ4v) is 1.55. The van der Waals surface area contributed by atoms with E-state index in [4.69, 9.17) is 18.0 Å². The first-order valence-electron chi connectivity index (χ1n) is 4.91. The van der Waals surface area contributed by atoms with Crippen LogP contribution in [0.15, 0.2) is 18.3 Å². The summed E-state index contributed by atoms with van der Waals surface area (Å²) in [5, 5.41) is 0. The van der Waals surface area contributed by atoms with E-state index >= 15 is 0 Å². The van der Waals surface area contributed by atoms with Gasteiger partial charge in [0.2, 0.25) is 0 Å².